The third kappa shape index (κ3) is 5.64. The molecule has 128 valence electrons. The van der Waals surface area contributed by atoms with Crippen LogP contribution in [0.15, 0.2) is 16.9 Å². The number of urea groups is 1. The number of carbonyl (C=O) groups excluding carboxylic acids is 1. The van der Waals surface area contributed by atoms with Crippen LogP contribution in [0.2, 0.25) is 0 Å². The second-order valence-corrected chi connectivity index (χ2v) is 8.10. The van der Waals surface area contributed by atoms with Gasteiger partial charge in [0.25, 0.3) is 0 Å². The molecule has 1 saturated heterocycles. The minimum absolute atomic E-state index is 0.107. The Morgan fingerprint density at radius 1 is 1.39 bits per heavy atom. The van der Waals surface area contributed by atoms with Gasteiger partial charge in [0.2, 0.25) is 5.95 Å². The molecule has 6 nitrogen and oxygen atoms in total. The Balaban J connectivity index is 1.92. The number of nitrogens with one attached hydrogen (secondary N) is 2. The molecule has 2 rings (SSSR count). The standard InChI is InChI=1S/C16H26BrN5O/c1-11(20-15(23)21-16(2,3)4)12-6-5-7-22(10-12)14-18-8-13(17)9-19-14/h8-9,11-12H,5-7,10H2,1-4H3,(H2,20,21,23)/t11-,12-/m0/s1. The number of rotatable bonds is 3. The maximum atomic E-state index is 12.0. The van der Waals surface area contributed by atoms with E-state index in [0.717, 1.165) is 36.4 Å². The molecular formula is C16H26BrN5O. The molecular weight excluding hydrogens is 358 g/mol. The number of amides is 2. The molecule has 1 aromatic rings. The van der Waals surface area contributed by atoms with Crippen LogP contribution >= 0.6 is 15.9 Å². The summed E-state index contributed by atoms with van der Waals surface area (Å²) in [5, 5.41) is 6.01. The maximum absolute atomic E-state index is 12.0. The van der Waals surface area contributed by atoms with Crippen LogP contribution in [0.4, 0.5) is 10.7 Å². The Morgan fingerprint density at radius 2 is 2.04 bits per heavy atom. The lowest BCUT2D eigenvalue weighted by atomic mass is 9.92. The molecule has 2 N–H and O–H groups in total. The zero-order chi connectivity index (χ0) is 17.0. The summed E-state index contributed by atoms with van der Waals surface area (Å²) >= 11 is 3.36. The van der Waals surface area contributed by atoms with Crippen molar-refractivity contribution in [3.05, 3.63) is 16.9 Å². The largest absolute Gasteiger partial charge is 0.340 e. The molecule has 0 saturated carbocycles. The minimum atomic E-state index is -0.229. The van der Waals surface area contributed by atoms with E-state index in [1.807, 2.05) is 20.8 Å². The fourth-order valence-corrected chi connectivity index (χ4v) is 2.97. The van der Waals surface area contributed by atoms with Crippen LogP contribution in [-0.4, -0.2) is 40.7 Å². The third-order valence-electron chi connectivity index (χ3n) is 3.90. The quantitative estimate of drug-likeness (QED) is 0.841. The molecule has 2 amide bonds. The van der Waals surface area contributed by atoms with E-state index in [2.05, 4.69) is 48.4 Å². The third-order valence-corrected chi connectivity index (χ3v) is 4.31. The SMILES string of the molecule is C[C@H](NC(=O)NC(C)(C)C)[C@H]1CCCN(c2ncc(Br)cn2)C1. The van der Waals surface area contributed by atoms with Crippen molar-refractivity contribution in [1.82, 2.24) is 20.6 Å². The smallest absolute Gasteiger partial charge is 0.315 e. The number of carbonyl (C=O) groups is 1. The first-order valence-electron chi connectivity index (χ1n) is 8.06. The van der Waals surface area contributed by atoms with Gasteiger partial charge in [-0.15, -0.1) is 0 Å². The summed E-state index contributed by atoms with van der Waals surface area (Å²) < 4.78 is 0.878. The topological polar surface area (TPSA) is 70.2 Å². The Kier molecular flexibility index (Phi) is 5.84. The van der Waals surface area contributed by atoms with E-state index < -0.39 is 0 Å². The molecule has 1 aliphatic heterocycles. The van der Waals surface area contributed by atoms with Gasteiger partial charge in [0, 0.05) is 37.1 Å². The van der Waals surface area contributed by atoms with Crippen molar-refractivity contribution in [2.24, 2.45) is 5.92 Å². The highest BCUT2D eigenvalue weighted by molar-refractivity contribution is 9.10. The van der Waals surface area contributed by atoms with Crippen LogP contribution in [0.5, 0.6) is 0 Å². The molecule has 1 aromatic heterocycles. The number of anilines is 1. The number of hydrogen-bond acceptors (Lipinski definition) is 4. The summed E-state index contributed by atoms with van der Waals surface area (Å²) in [6.07, 6.45) is 5.72. The van der Waals surface area contributed by atoms with Gasteiger partial charge < -0.3 is 15.5 Å². The predicted octanol–water partition coefficient (Wildman–Crippen LogP) is 2.94. The van der Waals surface area contributed by atoms with E-state index in [4.69, 9.17) is 0 Å². The van der Waals surface area contributed by atoms with Gasteiger partial charge in [-0.1, -0.05) is 0 Å². The fourth-order valence-electron chi connectivity index (χ4n) is 2.77. The zero-order valence-electron chi connectivity index (χ0n) is 14.3. The molecule has 23 heavy (non-hydrogen) atoms. The summed E-state index contributed by atoms with van der Waals surface area (Å²) in [7, 11) is 0. The number of aromatic nitrogens is 2. The van der Waals surface area contributed by atoms with Crippen molar-refractivity contribution in [2.45, 2.75) is 52.1 Å². The highest BCUT2D eigenvalue weighted by Crippen LogP contribution is 2.23. The zero-order valence-corrected chi connectivity index (χ0v) is 15.9. The highest BCUT2D eigenvalue weighted by Gasteiger charge is 2.27. The van der Waals surface area contributed by atoms with Gasteiger partial charge in [0.05, 0.1) is 4.47 Å². The molecule has 2 heterocycles. The molecule has 1 fully saturated rings. The van der Waals surface area contributed by atoms with Gasteiger partial charge in [0.1, 0.15) is 0 Å². The van der Waals surface area contributed by atoms with Crippen LogP contribution in [0.3, 0.4) is 0 Å². The Bertz CT molecular complexity index is 528. The van der Waals surface area contributed by atoms with Gasteiger partial charge >= 0.3 is 6.03 Å². The monoisotopic (exact) mass is 383 g/mol. The van der Waals surface area contributed by atoms with E-state index in [1.54, 1.807) is 12.4 Å². The lowest BCUT2D eigenvalue weighted by molar-refractivity contribution is 0.221. The first kappa shape index (κ1) is 18.0. The van der Waals surface area contributed by atoms with Crippen molar-refractivity contribution in [3.63, 3.8) is 0 Å². The van der Waals surface area contributed by atoms with E-state index in [1.165, 1.54) is 0 Å². The van der Waals surface area contributed by atoms with Crippen molar-refractivity contribution >= 4 is 27.9 Å². The average Bonchev–Trinajstić information content (AvgIpc) is 2.46. The van der Waals surface area contributed by atoms with E-state index in [0.29, 0.717) is 5.92 Å². The van der Waals surface area contributed by atoms with Crippen LogP contribution in [-0.2, 0) is 0 Å². The predicted molar refractivity (Wildman–Crippen MR) is 95.6 cm³/mol. The Morgan fingerprint density at radius 3 is 2.65 bits per heavy atom. The minimum Gasteiger partial charge on any atom is -0.340 e. The summed E-state index contributed by atoms with van der Waals surface area (Å²) in [5.41, 5.74) is -0.229. The van der Waals surface area contributed by atoms with E-state index in [9.17, 15) is 4.79 Å². The second-order valence-electron chi connectivity index (χ2n) is 7.19. The summed E-state index contributed by atoms with van der Waals surface area (Å²) in [6.45, 7) is 9.82. The molecule has 0 aromatic carbocycles. The molecule has 0 unspecified atom stereocenters. The fraction of sp³-hybridized carbons (Fsp3) is 0.688. The van der Waals surface area contributed by atoms with Crippen LogP contribution < -0.4 is 15.5 Å². The maximum Gasteiger partial charge on any atom is 0.315 e. The second kappa shape index (κ2) is 7.47. The molecule has 0 spiro atoms. The van der Waals surface area contributed by atoms with Gasteiger partial charge in [0.15, 0.2) is 0 Å². The van der Waals surface area contributed by atoms with Gasteiger partial charge in [-0.2, -0.15) is 0 Å². The average molecular weight is 384 g/mol. The lowest BCUT2D eigenvalue weighted by Crippen LogP contribution is -2.52. The molecule has 0 aliphatic carbocycles. The van der Waals surface area contributed by atoms with Crippen molar-refractivity contribution in [3.8, 4) is 0 Å². The van der Waals surface area contributed by atoms with Gasteiger partial charge in [-0.25, -0.2) is 14.8 Å². The lowest BCUT2D eigenvalue weighted by Gasteiger charge is -2.36. The summed E-state index contributed by atoms with van der Waals surface area (Å²) in [6, 6.07) is -0.00221. The Labute approximate surface area is 146 Å². The number of piperidine rings is 1. The number of halogens is 1. The van der Waals surface area contributed by atoms with Crippen molar-refractivity contribution in [2.75, 3.05) is 18.0 Å². The number of nitrogens with zero attached hydrogens (tertiary/aromatic N) is 3. The first-order valence-corrected chi connectivity index (χ1v) is 8.85. The molecule has 0 bridgehead atoms. The molecule has 0 radical (unpaired) electrons. The highest BCUT2D eigenvalue weighted by atomic mass is 79.9. The summed E-state index contributed by atoms with van der Waals surface area (Å²) in [5.74, 6) is 1.14. The van der Waals surface area contributed by atoms with E-state index in [-0.39, 0.29) is 17.6 Å². The molecule has 1 aliphatic rings. The summed E-state index contributed by atoms with van der Waals surface area (Å²) in [4.78, 5) is 23.0. The van der Waals surface area contributed by atoms with Crippen LogP contribution in [0.25, 0.3) is 0 Å². The van der Waals surface area contributed by atoms with E-state index >= 15 is 0 Å². The van der Waals surface area contributed by atoms with Gasteiger partial charge in [-0.3, -0.25) is 0 Å². The Hall–Kier alpha value is -1.37. The van der Waals surface area contributed by atoms with Crippen molar-refractivity contribution in [1.29, 1.82) is 0 Å². The number of hydrogen-bond donors (Lipinski definition) is 2. The van der Waals surface area contributed by atoms with Crippen LogP contribution in [0, 0.1) is 5.92 Å². The molecule has 2 atom stereocenters. The van der Waals surface area contributed by atoms with Crippen molar-refractivity contribution < 1.29 is 4.79 Å². The van der Waals surface area contributed by atoms with Crippen LogP contribution in [0.1, 0.15) is 40.5 Å². The first-order chi connectivity index (χ1) is 10.7. The van der Waals surface area contributed by atoms with Gasteiger partial charge in [-0.05, 0) is 62.4 Å². The normalized spacial score (nSPS) is 20.0. The molecule has 7 heteroatoms.